The molecule has 56 valence electrons. The van der Waals surface area contributed by atoms with E-state index in [4.69, 9.17) is 5.26 Å². The van der Waals surface area contributed by atoms with Gasteiger partial charge in [0.05, 0.1) is 5.56 Å². The molecule has 2 nitrogen and oxygen atoms in total. The highest BCUT2D eigenvalue weighted by Crippen LogP contribution is 2.23. The molecule has 0 unspecified atom stereocenters. The van der Waals surface area contributed by atoms with E-state index in [1.165, 1.54) is 0 Å². The summed E-state index contributed by atoms with van der Waals surface area (Å²) in [5.41, 5.74) is 1.49. The lowest BCUT2D eigenvalue weighted by Crippen LogP contribution is -1.88. The summed E-state index contributed by atoms with van der Waals surface area (Å²) >= 11 is 6.47. The lowest BCUT2D eigenvalue weighted by molar-refractivity contribution is 1.19. The van der Waals surface area contributed by atoms with Crippen molar-refractivity contribution in [1.29, 1.82) is 5.26 Å². The predicted octanol–water partition coefficient (Wildman–Crippen LogP) is 2.79. The number of aromatic nitrogens is 1. The van der Waals surface area contributed by atoms with E-state index in [1.54, 1.807) is 6.20 Å². The minimum Gasteiger partial charge on any atom is -0.247 e. The molecule has 0 aliphatic carbocycles. The van der Waals surface area contributed by atoms with Gasteiger partial charge in [-0.2, -0.15) is 5.26 Å². The highest BCUT2D eigenvalue weighted by molar-refractivity contribution is 9.11. The van der Waals surface area contributed by atoms with Gasteiger partial charge in [-0.25, -0.2) is 4.98 Å². The second-order valence-corrected chi connectivity index (χ2v) is 3.61. The minimum atomic E-state index is 0.583. The van der Waals surface area contributed by atoms with Crippen LogP contribution in [-0.2, 0) is 0 Å². The van der Waals surface area contributed by atoms with Gasteiger partial charge in [-0.05, 0) is 44.3 Å². The summed E-state index contributed by atoms with van der Waals surface area (Å²) in [6, 6.07) is 2.06. The van der Waals surface area contributed by atoms with Crippen molar-refractivity contribution in [3.63, 3.8) is 0 Å². The molecule has 0 amide bonds. The molecule has 0 saturated heterocycles. The van der Waals surface area contributed by atoms with Crippen molar-refractivity contribution in [1.82, 2.24) is 4.98 Å². The lowest BCUT2D eigenvalue weighted by atomic mass is 10.2. The molecule has 0 aromatic carbocycles. The van der Waals surface area contributed by atoms with Crippen LogP contribution in [0.2, 0.25) is 0 Å². The molecule has 0 spiro atoms. The van der Waals surface area contributed by atoms with Gasteiger partial charge < -0.3 is 0 Å². The van der Waals surface area contributed by atoms with Crippen molar-refractivity contribution >= 4 is 31.9 Å². The van der Waals surface area contributed by atoms with Crippen molar-refractivity contribution in [2.24, 2.45) is 0 Å². The van der Waals surface area contributed by atoms with Gasteiger partial charge in [0.2, 0.25) is 0 Å². The minimum absolute atomic E-state index is 0.583. The van der Waals surface area contributed by atoms with Gasteiger partial charge >= 0.3 is 0 Å². The third-order valence-electron chi connectivity index (χ3n) is 1.34. The van der Waals surface area contributed by atoms with Crippen LogP contribution < -0.4 is 0 Å². The summed E-state index contributed by atoms with van der Waals surface area (Å²) in [4.78, 5) is 3.96. The monoisotopic (exact) mass is 274 g/mol. The Bertz CT molecular complexity index is 328. The van der Waals surface area contributed by atoms with E-state index >= 15 is 0 Å². The normalized spacial score (nSPS) is 9.27. The number of rotatable bonds is 0. The van der Waals surface area contributed by atoms with Gasteiger partial charge in [-0.15, -0.1) is 0 Å². The van der Waals surface area contributed by atoms with Crippen molar-refractivity contribution in [3.05, 3.63) is 26.4 Å². The van der Waals surface area contributed by atoms with Gasteiger partial charge in [-0.3, -0.25) is 0 Å². The molecule has 0 radical (unpaired) electrons. The summed E-state index contributed by atoms with van der Waals surface area (Å²) in [6.07, 6.45) is 1.67. The van der Waals surface area contributed by atoms with Crippen molar-refractivity contribution in [3.8, 4) is 6.07 Å². The largest absolute Gasteiger partial charge is 0.247 e. The molecule has 0 fully saturated rings. The van der Waals surface area contributed by atoms with E-state index in [2.05, 4.69) is 42.9 Å². The molecule has 1 heterocycles. The molecule has 0 atom stereocenters. The Morgan fingerprint density at radius 2 is 2.18 bits per heavy atom. The first kappa shape index (κ1) is 8.69. The quantitative estimate of drug-likeness (QED) is 0.683. The van der Waals surface area contributed by atoms with Gasteiger partial charge in [0.25, 0.3) is 0 Å². The van der Waals surface area contributed by atoms with E-state index in [9.17, 15) is 0 Å². The molecular formula is C7H4Br2N2. The van der Waals surface area contributed by atoms with Crippen LogP contribution in [0, 0.1) is 18.3 Å². The zero-order valence-corrected chi connectivity index (χ0v) is 8.90. The third kappa shape index (κ3) is 1.60. The first-order valence-electron chi connectivity index (χ1n) is 2.87. The maximum absolute atomic E-state index is 8.68. The average molecular weight is 276 g/mol. The maximum atomic E-state index is 8.68. The van der Waals surface area contributed by atoms with Gasteiger partial charge in [0, 0.05) is 10.7 Å². The Morgan fingerprint density at radius 3 is 2.64 bits per heavy atom. The van der Waals surface area contributed by atoms with Crippen molar-refractivity contribution < 1.29 is 0 Å². The zero-order chi connectivity index (χ0) is 8.43. The molecule has 0 bridgehead atoms. The number of hydrogen-bond acceptors (Lipinski definition) is 2. The Hall–Kier alpha value is -0.400. The Balaban J connectivity index is 3.44. The standard InChI is InChI=1S/C7H4Br2N2/c1-4-5(2-10)7(9)11-3-6(4)8/h3H,1H3. The number of halogens is 2. The number of nitriles is 1. The molecule has 1 rings (SSSR count). The van der Waals surface area contributed by atoms with E-state index in [1.807, 2.05) is 6.92 Å². The van der Waals surface area contributed by atoms with Crippen LogP contribution >= 0.6 is 31.9 Å². The highest BCUT2D eigenvalue weighted by atomic mass is 79.9. The number of pyridine rings is 1. The second kappa shape index (κ2) is 3.33. The van der Waals surface area contributed by atoms with Crippen LogP contribution in [0.15, 0.2) is 15.3 Å². The topological polar surface area (TPSA) is 36.7 Å². The molecule has 1 aromatic rings. The lowest BCUT2D eigenvalue weighted by Gasteiger charge is -2.00. The van der Waals surface area contributed by atoms with E-state index in [0.717, 1.165) is 10.0 Å². The van der Waals surface area contributed by atoms with Crippen LogP contribution in [0.1, 0.15) is 11.1 Å². The molecule has 0 aliphatic heterocycles. The van der Waals surface area contributed by atoms with Crippen LogP contribution in [0.3, 0.4) is 0 Å². The first-order chi connectivity index (χ1) is 5.16. The number of hydrogen-bond donors (Lipinski definition) is 0. The smallest absolute Gasteiger partial charge is 0.124 e. The molecule has 4 heteroatoms. The van der Waals surface area contributed by atoms with Crippen LogP contribution in [0.5, 0.6) is 0 Å². The van der Waals surface area contributed by atoms with E-state index in [0.29, 0.717) is 10.2 Å². The SMILES string of the molecule is Cc1c(Br)cnc(Br)c1C#N. The van der Waals surface area contributed by atoms with Crippen LogP contribution in [-0.4, -0.2) is 4.98 Å². The molecule has 1 aromatic heterocycles. The summed E-state index contributed by atoms with van der Waals surface area (Å²) in [7, 11) is 0. The van der Waals surface area contributed by atoms with Gasteiger partial charge in [0.1, 0.15) is 10.7 Å². The molecule has 0 aliphatic rings. The average Bonchev–Trinajstić information content (AvgIpc) is 1.99. The van der Waals surface area contributed by atoms with Crippen LogP contribution in [0.25, 0.3) is 0 Å². The summed E-state index contributed by atoms with van der Waals surface area (Å²) in [5.74, 6) is 0. The molecule has 0 saturated carbocycles. The zero-order valence-electron chi connectivity index (χ0n) is 5.73. The highest BCUT2D eigenvalue weighted by Gasteiger charge is 2.06. The van der Waals surface area contributed by atoms with Crippen molar-refractivity contribution in [2.45, 2.75) is 6.92 Å². The second-order valence-electron chi connectivity index (χ2n) is 2.01. The predicted molar refractivity (Wildman–Crippen MR) is 49.1 cm³/mol. The molecule has 11 heavy (non-hydrogen) atoms. The summed E-state index contributed by atoms with van der Waals surface area (Å²) in [5, 5.41) is 8.68. The molecule has 0 N–H and O–H groups in total. The summed E-state index contributed by atoms with van der Waals surface area (Å²) in [6.45, 7) is 1.87. The molecular weight excluding hydrogens is 272 g/mol. The fourth-order valence-electron chi connectivity index (χ4n) is 0.679. The van der Waals surface area contributed by atoms with Crippen LogP contribution in [0.4, 0.5) is 0 Å². The van der Waals surface area contributed by atoms with Gasteiger partial charge in [0.15, 0.2) is 0 Å². The summed E-state index contributed by atoms with van der Waals surface area (Å²) < 4.78 is 1.46. The fourth-order valence-corrected chi connectivity index (χ4v) is 1.47. The van der Waals surface area contributed by atoms with Crippen molar-refractivity contribution in [2.75, 3.05) is 0 Å². The van der Waals surface area contributed by atoms with Gasteiger partial charge in [-0.1, -0.05) is 0 Å². The van der Waals surface area contributed by atoms with E-state index in [-0.39, 0.29) is 0 Å². The Kier molecular flexibility index (Phi) is 2.63. The number of nitrogens with zero attached hydrogens (tertiary/aromatic N) is 2. The fraction of sp³-hybridized carbons (Fsp3) is 0.143. The Labute approximate surface area is 81.5 Å². The third-order valence-corrected chi connectivity index (χ3v) is 2.74. The Morgan fingerprint density at radius 1 is 1.55 bits per heavy atom. The first-order valence-corrected chi connectivity index (χ1v) is 4.46. The maximum Gasteiger partial charge on any atom is 0.124 e. The van der Waals surface area contributed by atoms with E-state index < -0.39 is 0 Å².